The molecular formula is C18H26O2Si. The minimum absolute atomic E-state index is 0.196. The van der Waals surface area contributed by atoms with Gasteiger partial charge in [0, 0.05) is 11.6 Å². The first-order valence-corrected chi connectivity index (χ1v) is 11.5. The summed E-state index contributed by atoms with van der Waals surface area (Å²) >= 11 is 0. The second-order valence-corrected chi connectivity index (χ2v) is 11.8. The maximum absolute atomic E-state index is 12.9. The summed E-state index contributed by atoms with van der Waals surface area (Å²) in [6, 6.07) is 7.63. The van der Waals surface area contributed by atoms with E-state index in [-0.39, 0.29) is 5.43 Å². The van der Waals surface area contributed by atoms with E-state index in [0.717, 1.165) is 34.8 Å². The Morgan fingerprint density at radius 3 is 2.43 bits per heavy atom. The third-order valence-electron chi connectivity index (χ3n) is 3.88. The zero-order valence-corrected chi connectivity index (χ0v) is 14.7. The van der Waals surface area contributed by atoms with Crippen LogP contribution in [0.25, 0.3) is 11.0 Å². The minimum Gasteiger partial charge on any atom is -0.461 e. The van der Waals surface area contributed by atoms with Crippen molar-refractivity contribution in [3.63, 3.8) is 0 Å². The Kier molecular flexibility index (Phi) is 5.04. The summed E-state index contributed by atoms with van der Waals surface area (Å²) in [6.45, 7) is 8.89. The van der Waals surface area contributed by atoms with Crippen LogP contribution in [0.1, 0.15) is 38.4 Å². The van der Waals surface area contributed by atoms with Crippen LogP contribution in [0.5, 0.6) is 0 Å². The van der Waals surface area contributed by atoms with Crippen molar-refractivity contribution in [2.45, 2.75) is 58.7 Å². The molecule has 0 aliphatic rings. The lowest BCUT2D eigenvalue weighted by Crippen LogP contribution is -2.49. The summed E-state index contributed by atoms with van der Waals surface area (Å²) < 4.78 is 6.12. The van der Waals surface area contributed by atoms with E-state index in [1.165, 1.54) is 19.3 Å². The second-order valence-electron chi connectivity index (χ2n) is 6.79. The van der Waals surface area contributed by atoms with Crippen molar-refractivity contribution in [1.82, 2.24) is 0 Å². The summed E-state index contributed by atoms with van der Waals surface area (Å²) in [6.07, 6.45) is 5.67. The number of aryl methyl sites for hydroxylation is 1. The third kappa shape index (κ3) is 3.65. The van der Waals surface area contributed by atoms with Crippen molar-refractivity contribution in [3.8, 4) is 0 Å². The van der Waals surface area contributed by atoms with Gasteiger partial charge in [-0.25, -0.2) is 0 Å². The van der Waals surface area contributed by atoms with Crippen molar-refractivity contribution >= 4 is 24.2 Å². The number of rotatable bonds is 6. The van der Waals surface area contributed by atoms with Crippen LogP contribution in [-0.4, -0.2) is 8.07 Å². The summed E-state index contributed by atoms with van der Waals surface area (Å²) in [4.78, 5) is 12.9. The van der Waals surface area contributed by atoms with E-state index in [4.69, 9.17) is 4.42 Å². The molecule has 0 spiro atoms. The molecule has 21 heavy (non-hydrogen) atoms. The van der Waals surface area contributed by atoms with Crippen LogP contribution in [0.2, 0.25) is 19.6 Å². The molecule has 2 aromatic rings. The molecule has 0 aliphatic carbocycles. The molecule has 2 nitrogen and oxygen atoms in total. The number of unbranched alkanes of at least 4 members (excludes halogenated alkanes) is 3. The lowest BCUT2D eigenvalue weighted by Gasteiger charge is -2.19. The zero-order valence-electron chi connectivity index (χ0n) is 13.7. The molecule has 0 unspecified atom stereocenters. The van der Waals surface area contributed by atoms with Gasteiger partial charge >= 0.3 is 0 Å². The first-order valence-electron chi connectivity index (χ1n) is 8.00. The molecular weight excluding hydrogens is 276 g/mol. The summed E-state index contributed by atoms with van der Waals surface area (Å²) in [5, 5.41) is 1.71. The van der Waals surface area contributed by atoms with E-state index < -0.39 is 8.07 Å². The lowest BCUT2D eigenvalue weighted by atomic mass is 10.1. The van der Waals surface area contributed by atoms with Gasteiger partial charge in [0.15, 0.2) is 5.43 Å². The predicted molar refractivity (Wildman–Crippen MR) is 93.3 cm³/mol. The van der Waals surface area contributed by atoms with Crippen LogP contribution in [0, 0.1) is 0 Å². The highest BCUT2D eigenvalue weighted by Crippen LogP contribution is 2.16. The number of hydrogen-bond acceptors (Lipinski definition) is 2. The van der Waals surface area contributed by atoms with Crippen molar-refractivity contribution in [2.75, 3.05) is 0 Å². The molecule has 1 aromatic carbocycles. The monoisotopic (exact) mass is 302 g/mol. The highest BCUT2D eigenvalue weighted by molar-refractivity contribution is 6.89. The Labute approximate surface area is 128 Å². The van der Waals surface area contributed by atoms with Gasteiger partial charge in [-0.1, -0.05) is 58.0 Å². The van der Waals surface area contributed by atoms with Crippen LogP contribution in [0.15, 0.2) is 33.5 Å². The van der Waals surface area contributed by atoms with Crippen LogP contribution >= 0.6 is 0 Å². The number of benzene rings is 1. The molecule has 0 bridgehead atoms. The van der Waals surface area contributed by atoms with E-state index in [2.05, 4.69) is 26.6 Å². The maximum atomic E-state index is 12.9. The third-order valence-corrected chi connectivity index (χ3v) is 5.88. The molecule has 0 fully saturated rings. The molecule has 0 aliphatic heterocycles. The topological polar surface area (TPSA) is 30.2 Å². The van der Waals surface area contributed by atoms with E-state index in [1.807, 2.05) is 24.3 Å². The van der Waals surface area contributed by atoms with E-state index in [0.29, 0.717) is 0 Å². The van der Waals surface area contributed by atoms with Crippen molar-refractivity contribution < 1.29 is 4.42 Å². The molecule has 0 radical (unpaired) electrons. The van der Waals surface area contributed by atoms with Gasteiger partial charge in [-0.2, -0.15) is 0 Å². The molecule has 1 aromatic heterocycles. The summed E-state index contributed by atoms with van der Waals surface area (Å²) in [7, 11) is -1.71. The van der Waals surface area contributed by atoms with E-state index in [1.54, 1.807) is 0 Å². The van der Waals surface area contributed by atoms with Gasteiger partial charge in [0.2, 0.25) is 0 Å². The largest absolute Gasteiger partial charge is 0.461 e. The average molecular weight is 302 g/mol. The van der Waals surface area contributed by atoms with Gasteiger partial charge in [-0.3, -0.25) is 4.79 Å². The lowest BCUT2D eigenvalue weighted by molar-refractivity contribution is 0.520. The molecule has 3 heteroatoms. The quantitative estimate of drug-likeness (QED) is 0.582. The van der Waals surface area contributed by atoms with Gasteiger partial charge in [-0.15, -0.1) is 0 Å². The predicted octanol–water partition coefficient (Wildman–Crippen LogP) is 4.46. The minimum atomic E-state index is -1.71. The highest BCUT2D eigenvalue weighted by atomic mass is 28.3. The zero-order chi connectivity index (χ0) is 15.5. The van der Waals surface area contributed by atoms with E-state index >= 15 is 0 Å². The molecule has 0 amide bonds. The molecule has 0 N–H and O–H groups in total. The Morgan fingerprint density at radius 1 is 1.05 bits per heavy atom. The van der Waals surface area contributed by atoms with Gasteiger partial charge in [0.1, 0.15) is 11.3 Å². The second kappa shape index (κ2) is 6.61. The molecule has 0 saturated carbocycles. The standard InChI is InChI=1S/C18H26O2Si/c1-5-6-7-8-13-16-18(21(2,3)4)17(19)14-11-9-10-12-15(14)20-16/h9-12H,5-8,13H2,1-4H3. The molecule has 114 valence electrons. The molecule has 0 atom stereocenters. The van der Waals surface area contributed by atoms with Crippen LogP contribution in [0.3, 0.4) is 0 Å². The van der Waals surface area contributed by atoms with Gasteiger partial charge in [0.25, 0.3) is 0 Å². The van der Waals surface area contributed by atoms with Crippen molar-refractivity contribution in [3.05, 3.63) is 40.2 Å². The fourth-order valence-electron chi connectivity index (χ4n) is 2.84. The molecule has 1 heterocycles. The number of para-hydroxylation sites is 1. The van der Waals surface area contributed by atoms with E-state index in [9.17, 15) is 4.79 Å². The van der Waals surface area contributed by atoms with Crippen molar-refractivity contribution in [2.24, 2.45) is 0 Å². The molecule has 0 saturated heterocycles. The van der Waals surface area contributed by atoms with Gasteiger partial charge in [0.05, 0.1) is 13.5 Å². The van der Waals surface area contributed by atoms with Crippen LogP contribution in [-0.2, 0) is 6.42 Å². The summed E-state index contributed by atoms with van der Waals surface area (Å²) in [5.74, 6) is 0.939. The Bertz CT molecular complexity index is 665. The smallest absolute Gasteiger partial charge is 0.192 e. The fraction of sp³-hybridized carbons (Fsp3) is 0.500. The molecule has 2 rings (SSSR count). The maximum Gasteiger partial charge on any atom is 0.192 e. The SMILES string of the molecule is CCCCCCc1oc2ccccc2c(=O)c1[Si](C)(C)C. The Balaban J connectivity index is 2.48. The normalized spacial score (nSPS) is 12.0. The highest BCUT2D eigenvalue weighted by Gasteiger charge is 2.26. The van der Waals surface area contributed by atoms with Gasteiger partial charge in [-0.05, 0) is 18.6 Å². The number of fused-ring (bicyclic) bond motifs is 1. The van der Waals surface area contributed by atoms with Crippen LogP contribution < -0.4 is 10.6 Å². The van der Waals surface area contributed by atoms with Crippen LogP contribution in [0.4, 0.5) is 0 Å². The van der Waals surface area contributed by atoms with Gasteiger partial charge < -0.3 is 4.42 Å². The summed E-state index contributed by atoms with van der Waals surface area (Å²) in [5.41, 5.74) is 0.927. The Hall–Kier alpha value is -1.35. The number of hydrogen-bond donors (Lipinski definition) is 0. The average Bonchev–Trinajstić information content (AvgIpc) is 2.42. The fourth-order valence-corrected chi connectivity index (χ4v) is 4.66. The van der Waals surface area contributed by atoms with Crippen molar-refractivity contribution in [1.29, 1.82) is 0 Å². The first-order chi connectivity index (χ1) is 9.95. The first kappa shape index (κ1) is 16.0. The Morgan fingerprint density at radius 2 is 1.76 bits per heavy atom.